The fourth-order valence-electron chi connectivity index (χ4n) is 1.62. The van der Waals surface area contributed by atoms with Crippen LogP contribution in [-0.4, -0.2) is 47.8 Å². The Labute approximate surface area is 99.3 Å². The lowest BCUT2D eigenvalue weighted by molar-refractivity contribution is 0.0460. The Bertz CT molecular complexity index is 309. The van der Waals surface area contributed by atoms with Gasteiger partial charge < -0.3 is 10.2 Å². The highest BCUT2D eigenvalue weighted by Gasteiger charge is 2.16. The monoisotopic (exact) mass is 245 g/mol. The summed E-state index contributed by atoms with van der Waals surface area (Å²) >= 11 is 0. The maximum atomic E-state index is 12.3. The fourth-order valence-corrected chi connectivity index (χ4v) is 1.62. The van der Waals surface area contributed by atoms with Crippen LogP contribution < -0.4 is 0 Å². The van der Waals surface area contributed by atoms with Gasteiger partial charge in [-0.25, -0.2) is 8.78 Å². The summed E-state index contributed by atoms with van der Waals surface area (Å²) in [6, 6.07) is 8.86. The second-order valence-corrected chi connectivity index (χ2v) is 3.80. The summed E-state index contributed by atoms with van der Waals surface area (Å²) in [5, 5.41) is 18.6. The van der Waals surface area contributed by atoms with Crippen LogP contribution in [0.3, 0.4) is 0 Å². The predicted molar refractivity (Wildman–Crippen MR) is 60.9 cm³/mol. The molecule has 0 saturated carbocycles. The number of aliphatic hydroxyl groups is 2. The first-order valence-electron chi connectivity index (χ1n) is 5.48. The van der Waals surface area contributed by atoms with E-state index in [9.17, 15) is 13.9 Å². The van der Waals surface area contributed by atoms with Gasteiger partial charge >= 0.3 is 0 Å². The Morgan fingerprint density at radius 3 is 2.29 bits per heavy atom. The molecular weight excluding hydrogens is 228 g/mol. The molecule has 5 heteroatoms. The molecule has 0 aliphatic carbocycles. The van der Waals surface area contributed by atoms with Crippen molar-refractivity contribution in [2.75, 3.05) is 26.2 Å². The van der Waals surface area contributed by atoms with Gasteiger partial charge in [0.1, 0.15) is 0 Å². The van der Waals surface area contributed by atoms with Crippen molar-refractivity contribution in [3.8, 4) is 0 Å². The minimum absolute atomic E-state index is 0.0922. The van der Waals surface area contributed by atoms with E-state index in [1.165, 1.54) is 4.90 Å². The summed E-state index contributed by atoms with van der Waals surface area (Å²) in [6.07, 6.45) is -3.29. The van der Waals surface area contributed by atoms with Crippen LogP contribution in [0.15, 0.2) is 30.3 Å². The largest absolute Gasteiger partial charge is 0.395 e. The first kappa shape index (κ1) is 14.0. The van der Waals surface area contributed by atoms with Gasteiger partial charge in [-0.15, -0.1) is 0 Å². The Morgan fingerprint density at radius 1 is 1.12 bits per heavy atom. The standard InChI is InChI=1S/C12H17F2NO2/c13-12(14)9-15(6-7-16)8-11(17)10-4-2-1-3-5-10/h1-5,11-12,16-17H,6-9H2. The molecule has 17 heavy (non-hydrogen) atoms. The second kappa shape index (κ2) is 7.32. The van der Waals surface area contributed by atoms with Crippen LogP contribution in [0.4, 0.5) is 8.78 Å². The topological polar surface area (TPSA) is 43.7 Å². The first-order valence-corrected chi connectivity index (χ1v) is 5.48. The van der Waals surface area contributed by atoms with Crippen molar-refractivity contribution in [1.29, 1.82) is 0 Å². The van der Waals surface area contributed by atoms with Crippen molar-refractivity contribution >= 4 is 0 Å². The number of aliphatic hydroxyl groups excluding tert-OH is 2. The molecule has 1 atom stereocenters. The van der Waals surface area contributed by atoms with Crippen molar-refractivity contribution in [3.63, 3.8) is 0 Å². The Hall–Kier alpha value is -1.04. The SMILES string of the molecule is OCCN(CC(F)F)CC(O)c1ccccc1. The highest BCUT2D eigenvalue weighted by Crippen LogP contribution is 2.14. The van der Waals surface area contributed by atoms with Gasteiger partial charge in [0.05, 0.1) is 19.3 Å². The number of halogens is 2. The molecule has 2 N–H and O–H groups in total. The maximum absolute atomic E-state index is 12.3. The lowest BCUT2D eigenvalue weighted by atomic mass is 10.1. The Kier molecular flexibility index (Phi) is 6.04. The van der Waals surface area contributed by atoms with Gasteiger partial charge in [0.15, 0.2) is 0 Å². The van der Waals surface area contributed by atoms with E-state index in [4.69, 9.17) is 5.11 Å². The third-order valence-corrected chi connectivity index (χ3v) is 2.43. The molecule has 0 aliphatic heterocycles. The number of hydrogen-bond acceptors (Lipinski definition) is 3. The van der Waals surface area contributed by atoms with E-state index < -0.39 is 19.1 Å². The lowest BCUT2D eigenvalue weighted by Crippen LogP contribution is -2.35. The van der Waals surface area contributed by atoms with Gasteiger partial charge in [-0.05, 0) is 5.56 Å². The zero-order chi connectivity index (χ0) is 12.7. The van der Waals surface area contributed by atoms with Crippen molar-refractivity contribution in [2.45, 2.75) is 12.5 Å². The fraction of sp³-hybridized carbons (Fsp3) is 0.500. The van der Waals surface area contributed by atoms with E-state index in [-0.39, 0.29) is 19.7 Å². The summed E-state index contributed by atoms with van der Waals surface area (Å²) in [6.45, 7) is -0.415. The second-order valence-electron chi connectivity index (χ2n) is 3.80. The molecule has 0 fully saturated rings. The zero-order valence-electron chi connectivity index (χ0n) is 9.47. The van der Waals surface area contributed by atoms with E-state index in [1.807, 2.05) is 6.07 Å². The molecule has 0 aromatic heterocycles. The number of benzene rings is 1. The quantitative estimate of drug-likeness (QED) is 0.760. The molecule has 0 heterocycles. The van der Waals surface area contributed by atoms with Crippen LogP contribution in [0, 0.1) is 0 Å². The van der Waals surface area contributed by atoms with Crippen LogP contribution in [-0.2, 0) is 0 Å². The molecule has 1 aromatic rings. The van der Waals surface area contributed by atoms with E-state index in [1.54, 1.807) is 24.3 Å². The third kappa shape index (κ3) is 5.21. The Balaban J connectivity index is 2.54. The van der Waals surface area contributed by atoms with Crippen LogP contribution in [0.2, 0.25) is 0 Å². The molecule has 0 aliphatic rings. The minimum Gasteiger partial charge on any atom is -0.395 e. The van der Waals surface area contributed by atoms with Gasteiger partial charge in [0.2, 0.25) is 0 Å². The molecule has 0 saturated heterocycles. The highest BCUT2D eigenvalue weighted by atomic mass is 19.3. The number of rotatable bonds is 7. The molecule has 0 bridgehead atoms. The number of nitrogens with zero attached hydrogens (tertiary/aromatic N) is 1. The summed E-state index contributed by atoms with van der Waals surface area (Å²) in [7, 11) is 0. The van der Waals surface area contributed by atoms with Gasteiger partial charge in [-0.2, -0.15) is 0 Å². The molecule has 0 amide bonds. The Morgan fingerprint density at radius 2 is 1.76 bits per heavy atom. The minimum atomic E-state index is -2.47. The summed E-state index contributed by atoms with van der Waals surface area (Å²) < 4.78 is 24.5. The average molecular weight is 245 g/mol. The van der Waals surface area contributed by atoms with Crippen molar-refractivity contribution < 1.29 is 19.0 Å². The van der Waals surface area contributed by atoms with Gasteiger partial charge in [-0.1, -0.05) is 30.3 Å². The van der Waals surface area contributed by atoms with Crippen molar-refractivity contribution in [2.24, 2.45) is 0 Å². The molecule has 0 radical (unpaired) electrons. The predicted octanol–water partition coefficient (Wildman–Crippen LogP) is 1.28. The maximum Gasteiger partial charge on any atom is 0.251 e. The molecule has 1 rings (SSSR count). The van der Waals surface area contributed by atoms with E-state index in [2.05, 4.69) is 0 Å². The zero-order valence-corrected chi connectivity index (χ0v) is 9.47. The smallest absolute Gasteiger partial charge is 0.251 e. The first-order chi connectivity index (χ1) is 8.13. The number of alkyl halides is 2. The average Bonchev–Trinajstić information content (AvgIpc) is 2.29. The molecule has 3 nitrogen and oxygen atoms in total. The van der Waals surface area contributed by atoms with Gasteiger partial charge in [0, 0.05) is 13.1 Å². The summed E-state index contributed by atoms with van der Waals surface area (Å²) in [5.74, 6) is 0. The van der Waals surface area contributed by atoms with Crippen LogP contribution in [0.25, 0.3) is 0 Å². The molecule has 1 unspecified atom stereocenters. The number of hydrogen-bond donors (Lipinski definition) is 2. The van der Waals surface area contributed by atoms with Crippen LogP contribution in [0.5, 0.6) is 0 Å². The molecule has 0 spiro atoms. The third-order valence-electron chi connectivity index (χ3n) is 2.43. The van der Waals surface area contributed by atoms with E-state index in [0.717, 1.165) is 0 Å². The van der Waals surface area contributed by atoms with E-state index in [0.29, 0.717) is 5.56 Å². The summed E-state index contributed by atoms with van der Waals surface area (Å²) in [4.78, 5) is 1.35. The van der Waals surface area contributed by atoms with Gasteiger partial charge in [0.25, 0.3) is 6.43 Å². The molecule has 96 valence electrons. The van der Waals surface area contributed by atoms with Crippen LogP contribution >= 0.6 is 0 Å². The van der Waals surface area contributed by atoms with Crippen molar-refractivity contribution in [3.05, 3.63) is 35.9 Å². The molecular formula is C12H17F2NO2. The highest BCUT2D eigenvalue weighted by molar-refractivity contribution is 5.17. The summed E-state index contributed by atoms with van der Waals surface area (Å²) in [5.41, 5.74) is 0.685. The normalized spacial score (nSPS) is 13.3. The van der Waals surface area contributed by atoms with E-state index >= 15 is 0 Å². The van der Waals surface area contributed by atoms with Crippen LogP contribution in [0.1, 0.15) is 11.7 Å². The lowest BCUT2D eigenvalue weighted by Gasteiger charge is -2.23. The van der Waals surface area contributed by atoms with Gasteiger partial charge in [-0.3, -0.25) is 4.90 Å². The molecule has 1 aromatic carbocycles. The van der Waals surface area contributed by atoms with Crippen molar-refractivity contribution in [1.82, 2.24) is 4.90 Å².